The molecule has 3 aromatic rings. The molecule has 0 spiro atoms. The van der Waals surface area contributed by atoms with Crippen LogP contribution in [0, 0.1) is 17.6 Å². The Morgan fingerprint density at radius 3 is 2.60 bits per heavy atom. The molecule has 0 amide bonds. The molecule has 0 saturated heterocycles. The summed E-state index contributed by atoms with van der Waals surface area (Å²) in [6.07, 6.45) is 1.00. The number of hydrogen-bond donors (Lipinski definition) is 1. The number of nitrogens with zero attached hydrogens (tertiary/aromatic N) is 3. The fourth-order valence-electron chi connectivity index (χ4n) is 3.33. The van der Waals surface area contributed by atoms with Gasteiger partial charge in [-0.2, -0.15) is 0 Å². The van der Waals surface area contributed by atoms with Gasteiger partial charge >= 0.3 is 11.7 Å². The first-order valence-corrected chi connectivity index (χ1v) is 10.7. The third-order valence-corrected chi connectivity index (χ3v) is 5.07. The van der Waals surface area contributed by atoms with Crippen LogP contribution in [0.1, 0.15) is 36.5 Å². The Hall–Kier alpha value is -4.09. The normalized spacial score (nSPS) is 11.1. The minimum atomic E-state index is -0.881. The van der Waals surface area contributed by atoms with Crippen LogP contribution < -0.4 is 17.0 Å². The number of ether oxygens (including phenoxy) is 1. The number of benzene rings is 1. The predicted octanol–water partition coefficient (Wildman–Crippen LogP) is 2.08. The molecule has 10 nitrogen and oxygen atoms in total. The molecule has 35 heavy (non-hydrogen) atoms. The van der Waals surface area contributed by atoms with Crippen molar-refractivity contribution in [1.82, 2.24) is 14.1 Å². The summed E-state index contributed by atoms with van der Waals surface area (Å²) in [5, 5.41) is 0. The van der Waals surface area contributed by atoms with Crippen LogP contribution >= 0.6 is 0 Å². The van der Waals surface area contributed by atoms with Gasteiger partial charge in [0.2, 0.25) is 5.78 Å². The monoisotopic (exact) mass is 490 g/mol. The summed E-state index contributed by atoms with van der Waals surface area (Å²) < 4.78 is 39.2. The number of carbonyl (C=O) groups excluding carboxylic acids is 2. The van der Waals surface area contributed by atoms with E-state index < -0.39 is 46.8 Å². The Balaban J connectivity index is 1.63. The molecule has 0 aliphatic rings. The average molecular weight is 490 g/mol. The van der Waals surface area contributed by atoms with Crippen molar-refractivity contribution in [3.05, 3.63) is 68.3 Å². The van der Waals surface area contributed by atoms with Gasteiger partial charge in [0.15, 0.2) is 18.3 Å². The fraction of sp³-hybridized carbons (Fsp3) is 0.348. The first-order valence-electron chi connectivity index (χ1n) is 10.7. The lowest BCUT2D eigenvalue weighted by Crippen LogP contribution is -2.43. The number of aromatic nitrogens is 3. The van der Waals surface area contributed by atoms with Crippen molar-refractivity contribution in [1.29, 1.82) is 0 Å². The zero-order valence-electron chi connectivity index (χ0n) is 19.3. The maximum atomic E-state index is 13.9. The maximum absolute atomic E-state index is 13.9. The van der Waals surface area contributed by atoms with Crippen LogP contribution in [0.2, 0.25) is 0 Å². The summed E-state index contributed by atoms with van der Waals surface area (Å²) >= 11 is 0. The number of carbonyl (C=O) groups is 2. The number of halogens is 2. The molecule has 12 heteroatoms. The van der Waals surface area contributed by atoms with Crippen LogP contribution in [0.15, 0.2) is 38.4 Å². The standard InChI is InChI=1S/C23H24F2N4O6/c1-12(2)10-29-21(26)20(22(32)28(3)23(29)33)16(30)11-34-19(31)7-6-18-27-9-17(35-18)14-5-4-13(24)8-15(14)25/h4-5,8-9,12H,6-7,10-11,26H2,1-3H3. The molecule has 2 aromatic heterocycles. The second kappa shape index (κ2) is 10.5. The van der Waals surface area contributed by atoms with Gasteiger partial charge in [-0.05, 0) is 18.1 Å². The van der Waals surface area contributed by atoms with Crippen LogP contribution in [-0.4, -0.2) is 32.5 Å². The summed E-state index contributed by atoms with van der Waals surface area (Å²) in [7, 11) is 1.23. The second-order valence-corrected chi connectivity index (χ2v) is 8.24. The largest absolute Gasteiger partial charge is 0.457 e. The van der Waals surface area contributed by atoms with Gasteiger partial charge in [0, 0.05) is 26.1 Å². The van der Waals surface area contributed by atoms with E-state index in [0.717, 1.165) is 15.2 Å². The Morgan fingerprint density at radius 1 is 1.23 bits per heavy atom. The van der Waals surface area contributed by atoms with Gasteiger partial charge in [-0.3, -0.25) is 23.5 Å². The number of hydrogen-bond acceptors (Lipinski definition) is 8. The van der Waals surface area contributed by atoms with Crippen LogP contribution in [0.5, 0.6) is 0 Å². The number of nitrogen functional groups attached to an aromatic ring is 1. The van der Waals surface area contributed by atoms with Crippen LogP contribution in [0.3, 0.4) is 0 Å². The van der Waals surface area contributed by atoms with Crippen molar-refractivity contribution in [2.24, 2.45) is 13.0 Å². The van der Waals surface area contributed by atoms with Crippen LogP contribution in [0.25, 0.3) is 11.3 Å². The van der Waals surface area contributed by atoms with Crippen molar-refractivity contribution < 1.29 is 27.5 Å². The van der Waals surface area contributed by atoms with Gasteiger partial charge in [0.25, 0.3) is 5.56 Å². The third-order valence-electron chi connectivity index (χ3n) is 5.07. The molecule has 0 saturated carbocycles. The van der Waals surface area contributed by atoms with E-state index in [0.29, 0.717) is 6.07 Å². The van der Waals surface area contributed by atoms with Crippen molar-refractivity contribution in [2.75, 3.05) is 12.3 Å². The SMILES string of the molecule is CC(C)Cn1c(N)c(C(=O)COC(=O)CCc2ncc(-c3ccc(F)cc3F)o2)c(=O)n(C)c1=O. The van der Waals surface area contributed by atoms with Gasteiger partial charge in [-0.25, -0.2) is 18.6 Å². The molecular weight excluding hydrogens is 466 g/mol. The van der Waals surface area contributed by atoms with E-state index in [1.54, 1.807) is 0 Å². The van der Waals surface area contributed by atoms with Crippen LogP contribution in [0.4, 0.5) is 14.6 Å². The molecule has 0 radical (unpaired) electrons. The van der Waals surface area contributed by atoms with Gasteiger partial charge in [0.1, 0.15) is 23.0 Å². The summed E-state index contributed by atoms with van der Waals surface area (Å²) in [6.45, 7) is 3.12. The number of aryl methyl sites for hydroxylation is 1. The number of oxazole rings is 1. The smallest absolute Gasteiger partial charge is 0.332 e. The molecule has 0 aliphatic carbocycles. The molecule has 0 unspecified atom stereocenters. The predicted molar refractivity (Wildman–Crippen MR) is 121 cm³/mol. The van der Waals surface area contributed by atoms with E-state index in [2.05, 4.69) is 4.98 Å². The van der Waals surface area contributed by atoms with Crippen molar-refractivity contribution in [2.45, 2.75) is 33.2 Å². The molecule has 0 atom stereocenters. The number of esters is 1. The van der Waals surface area contributed by atoms with E-state index in [1.165, 1.54) is 19.3 Å². The van der Waals surface area contributed by atoms with E-state index in [9.17, 15) is 28.0 Å². The van der Waals surface area contributed by atoms with E-state index >= 15 is 0 Å². The van der Waals surface area contributed by atoms with E-state index in [1.807, 2.05) is 13.8 Å². The highest BCUT2D eigenvalue weighted by Crippen LogP contribution is 2.24. The average Bonchev–Trinajstić information content (AvgIpc) is 3.26. The Kier molecular flexibility index (Phi) is 7.62. The molecule has 2 N–H and O–H groups in total. The Bertz CT molecular complexity index is 1390. The Labute approximate surface area is 197 Å². The van der Waals surface area contributed by atoms with Gasteiger partial charge in [-0.15, -0.1) is 0 Å². The maximum Gasteiger partial charge on any atom is 0.332 e. The number of ketones is 1. The topological polar surface area (TPSA) is 139 Å². The molecule has 1 aromatic carbocycles. The molecule has 2 heterocycles. The highest BCUT2D eigenvalue weighted by Gasteiger charge is 2.23. The molecule has 0 aliphatic heterocycles. The van der Waals surface area contributed by atoms with Gasteiger partial charge in [0.05, 0.1) is 18.2 Å². The highest BCUT2D eigenvalue weighted by atomic mass is 19.1. The van der Waals surface area contributed by atoms with Crippen molar-refractivity contribution >= 4 is 17.6 Å². The minimum absolute atomic E-state index is 0.0105. The Morgan fingerprint density at radius 2 is 1.94 bits per heavy atom. The molecule has 186 valence electrons. The molecule has 0 bridgehead atoms. The zero-order chi connectivity index (χ0) is 25.9. The quantitative estimate of drug-likeness (QED) is 0.355. The van der Waals surface area contributed by atoms with Gasteiger partial charge in [-0.1, -0.05) is 13.8 Å². The van der Waals surface area contributed by atoms with Crippen molar-refractivity contribution in [3.63, 3.8) is 0 Å². The number of nitrogens with two attached hydrogens (primary N) is 1. The highest BCUT2D eigenvalue weighted by molar-refractivity contribution is 6.01. The minimum Gasteiger partial charge on any atom is -0.457 e. The summed E-state index contributed by atoms with van der Waals surface area (Å²) in [5.41, 5.74) is 3.98. The summed E-state index contributed by atoms with van der Waals surface area (Å²) in [5.74, 6) is -3.29. The first kappa shape index (κ1) is 25.5. The van der Waals surface area contributed by atoms with Crippen LogP contribution in [-0.2, 0) is 29.5 Å². The lowest BCUT2D eigenvalue weighted by atomic mass is 10.1. The first-order chi connectivity index (χ1) is 16.5. The number of Topliss-reactive ketones (excluding diaryl/α,β-unsaturated/α-hetero) is 1. The molecule has 0 fully saturated rings. The van der Waals surface area contributed by atoms with Gasteiger partial charge < -0.3 is 14.9 Å². The summed E-state index contributed by atoms with van der Waals surface area (Å²) in [4.78, 5) is 53.4. The molecular formula is C23H24F2N4O6. The second-order valence-electron chi connectivity index (χ2n) is 8.24. The fourth-order valence-corrected chi connectivity index (χ4v) is 3.33. The van der Waals surface area contributed by atoms with E-state index in [4.69, 9.17) is 14.9 Å². The summed E-state index contributed by atoms with van der Waals surface area (Å²) in [6, 6.07) is 2.99. The van der Waals surface area contributed by atoms with E-state index in [-0.39, 0.29) is 48.3 Å². The molecule has 3 rings (SSSR count). The lowest BCUT2D eigenvalue weighted by molar-refractivity contribution is -0.142. The third kappa shape index (κ3) is 5.70. The number of rotatable bonds is 9. The zero-order valence-corrected chi connectivity index (χ0v) is 19.3. The lowest BCUT2D eigenvalue weighted by Gasteiger charge is -2.16. The number of anilines is 1. The van der Waals surface area contributed by atoms with Crippen molar-refractivity contribution in [3.8, 4) is 11.3 Å².